The van der Waals surface area contributed by atoms with Crippen LogP contribution in [0.1, 0.15) is 22.8 Å². The van der Waals surface area contributed by atoms with Gasteiger partial charge in [-0.3, -0.25) is 24.1 Å². The lowest BCUT2D eigenvalue weighted by Gasteiger charge is -2.43. The Morgan fingerprint density at radius 3 is 2.33 bits per heavy atom. The maximum Gasteiger partial charge on any atom is 0.305 e. The molecule has 2 N–H and O–H groups in total. The maximum atomic E-state index is 13.9. The number of benzene rings is 3. The van der Waals surface area contributed by atoms with E-state index in [4.69, 9.17) is 4.74 Å². The van der Waals surface area contributed by atoms with Crippen molar-refractivity contribution in [3.63, 3.8) is 0 Å². The zero-order chi connectivity index (χ0) is 29.2. The molecule has 3 fully saturated rings. The molecule has 10 heteroatoms. The van der Waals surface area contributed by atoms with Crippen LogP contribution in [0.4, 0.5) is 11.4 Å². The van der Waals surface area contributed by atoms with Gasteiger partial charge in [0.25, 0.3) is 5.91 Å². The topological polar surface area (TPSA) is 109 Å². The predicted molar refractivity (Wildman–Crippen MR) is 164 cm³/mol. The molecule has 4 aliphatic rings. The lowest BCUT2D eigenvalue weighted by atomic mass is 9.68. The number of ether oxygens (including phenoxy) is 1. The largest absolute Gasteiger partial charge is 0.483 e. The Bertz CT molecular complexity index is 1810. The van der Waals surface area contributed by atoms with Crippen molar-refractivity contribution in [1.29, 1.82) is 0 Å². The second-order valence-electron chi connectivity index (χ2n) is 11.5. The van der Waals surface area contributed by atoms with Crippen molar-refractivity contribution in [1.82, 2.24) is 4.98 Å². The number of H-pyrrole nitrogens is 1. The van der Waals surface area contributed by atoms with Crippen LogP contribution < -0.4 is 19.8 Å². The second-order valence-corrected chi connectivity index (χ2v) is 13.8. The van der Waals surface area contributed by atoms with E-state index in [1.165, 1.54) is 16.2 Å². The van der Waals surface area contributed by atoms with Crippen molar-refractivity contribution in [3.05, 3.63) is 105 Å². The normalized spacial score (nSPS) is 28.4. The van der Waals surface area contributed by atoms with Gasteiger partial charge < -0.3 is 15.0 Å². The summed E-state index contributed by atoms with van der Waals surface area (Å²) in [6.45, 7) is -0.173. The Balaban J connectivity index is 1.14. The summed E-state index contributed by atoms with van der Waals surface area (Å²) >= 11 is 2.85. The van der Waals surface area contributed by atoms with Gasteiger partial charge in [-0.1, -0.05) is 65.9 Å². The summed E-state index contributed by atoms with van der Waals surface area (Å²) in [7, 11) is 0. The molecular formula is C33H27N3O5S2. The Morgan fingerprint density at radius 1 is 0.884 bits per heavy atom. The summed E-state index contributed by atoms with van der Waals surface area (Å²) in [4.78, 5) is 58.3. The molecular weight excluding hydrogens is 583 g/mol. The number of hydrogen-bond donors (Lipinski definition) is 2. The number of hydrogen-bond acceptors (Lipinski definition) is 7. The first-order chi connectivity index (χ1) is 21.0. The molecule has 2 bridgehead atoms. The van der Waals surface area contributed by atoms with Gasteiger partial charge >= 0.3 is 4.87 Å². The molecule has 0 radical (unpaired) electrons. The van der Waals surface area contributed by atoms with E-state index in [2.05, 4.69) is 10.3 Å². The van der Waals surface area contributed by atoms with Gasteiger partial charge in [-0.05, 0) is 54.5 Å². The Morgan fingerprint density at radius 2 is 1.56 bits per heavy atom. The number of amides is 3. The van der Waals surface area contributed by atoms with Gasteiger partial charge in [-0.25, -0.2) is 0 Å². The predicted octanol–water partition coefficient (Wildman–Crippen LogP) is 5.13. The highest BCUT2D eigenvalue weighted by Gasteiger charge is 2.69. The van der Waals surface area contributed by atoms with Gasteiger partial charge in [0.2, 0.25) is 11.8 Å². The minimum atomic E-state index is -0.385. The minimum Gasteiger partial charge on any atom is -0.483 e. The van der Waals surface area contributed by atoms with E-state index < -0.39 is 0 Å². The number of fused-ring (bicyclic) bond motifs is 9. The highest BCUT2D eigenvalue weighted by molar-refractivity contribution is 8.00. The average molecular weight is 610 g/mol. The number of thioether (sulfide) groups is 1. The van der Waals surface area contributed by atoms with Gasteiger partial charge in [0.05, 0.1) is 22.5 Å². The summed E-state index contributed by atoms with van der Waals surface area (Å²) in [6, 6.07) is 26.1. The molecule has 216 valence electrons. The summed E-state index contributed by atoms with van der Waals surface area (Å²) in [5.74, 6) is -0.823. The van der Waals surface area contributed by atoms with Crippen molar-refractivity contribution in [2.75, 3.05) is 16.8 Å². The molecule has 3 heterocycles. The Kier molecular flexibility index (Phi) is 6.30. The SMILES string of the molecule is O=C(COc1ccccc1[C@H]1c2sc(=O)[nH]c2SC2C1[C@H]1C[C@@H]2C2C(=O)N(c3ccccc3)C(=O)C21)Nc1ccccc1. The lowest BCUT2D eigenvalue weighted by molar-refractivity contribution is -0.123. The zero-order valence-electron chi connectivity index (χ0n) is 22.8. The third-order valence-corrected chi connectivity index (χ3v) is 12.0. The number of carbonyl (C=O) groups excluding carboxylic acids is 3. The summed E-state index contributed by atoms with van der Waals surface area (Å²) in [6.07, 6.45) is 0.802. The van der Waals surface area contributed by atoms with E-state index in [1.807, 2.05) is 84.9 Å². The van der Waals surface area contributed by atoms with Crippen molar-refractivity contribution < 1.29 is 19.1 Å². The van der Waals surface area contributed by atoms with Crippen LogP contribution in [0.15, 0.2) is 94.7 Å². The molecule has 4 aromatic rings. The van der Waals surface area contributed by atoms with Crippen LogP contribution in [0.25, 0.3) is 0 Å². The molecule has 2 aliphatic heterocycles. The number of carbonyl (C=O) groups is 3. The molecule has 3 aromatic carbocycles. The third-order valence-electron chi connectivity index (χ3n) is 9.41. The first kappa shape index (κ1) is 26.5. The highest BCUT2D eigenvalue weighted by Crippen LogP contribution is 2.69. The molecule has 2 aliphatic carbocycles. The van der Waals surface area contributed by atoms with Crippen molar-refractivity contribution in [3.8, 4) is 5.75 Å². The number of anilines is 2. The molecule has 0 spiro atoms. The van der Waals surface area contributed by atoms with Crippen molar-refractivity contribution in [2.45, 2.75) is 22.6 Å². The van der Waals surface area contributed by atoms with Crippen LogP contribution in [-0.4, -0.2) is 34.6 Å². The number of imide groups is 1. The van der Waals surface area contributed by atoms with Crippen molar-refractivity contribution >= 4 is 52.2 Å². The Hall–Kier alpha value is -4.15. The average Bonchev–Trinajstić information content (AvgIpc) is 3.76. The molecule has 4 unspecified atom stereocenters. The zero-order valence-corrected chi connectivity index (χ0v) is 24.5. The highest BCUT2D eigenvalue weighted by atomic mass is 32.2. The van der Waals surface area contributed by atoms with Gasteiger partial charge in [-0.2, -0.15) is 0 Å². The third kappa shape index (κ3) is 4.18. The number of para-hydroxylation sites is 3. The standard InChI is InChI=1S/C33H27N3O5S2/c37-23(34-17-9-3-1-4-10-17)16-41-22-14-8-7-13-19(22)24-25-20-15-21(28(25)42-30-29(24)43-33(40)35-30)27-26(20)31(38)36(32(27)39)18-11-5-2-6-12-18/h1-14,20-21,24-28H,15-16H2,(H,34,37)(H,35,40)/t20-,21-,24-,25?,26?,27?,28?/m1/s1. The summed E-state index contributed by atoms with van der Waals surface area (Å²) in [5, 5.41) is 3.75. The molecule has 2 saturated carbocycles. The summed E-state index contributed by atoms with van der Waals surface area (Å²) in [5.41, 5.74) is 2.20. The van der Waals surface area contributed by atoms with Crippen molar-refractivity contribution in [2.24, 2.45) is 29.6 Å². The van der Waals surface area contributed by atoms with Crippen LogP contribution in [0.3, 0.4) is 0 Å². The summed E-state index contributed by atoms with van der Waals surface area (Å²) < 4.78 is 6.14. The monoisotopic (exact) mass is 609 g/mol. The number of thiazole rings is 1. The van der Waals surface area contributed by atoms with Crippen LogP contribution >= 0.6 is 23.1 Å². The van der Waals surface area contributed by atoms with E-state index in [9.17, 15) is 19.2 Å². The number of aromatic amines is 1. The number of rotatable bonds is 6. The molecule has 1 saturated heterocycles. The number of nitrogens with zero attached hydrogens (tertiary/aromatic N) is 1. The molecule has 8 nitrogen and oxygen atoms in total. The van der Waals surface area contributed by atoms with E-state index in [0.29, 0.717) is 17.1 Å². The van der Waals surface area contributed by atoms with Crippen LogP contribution in [-0.2, 0) is 14.4 Å². The second kappa shape index (κ2) is 10.2. The lowest BCUT2D eigenvalue weighted by Crippen LogP contribution is -2.42. The fourth-order valence-corrected chi connectivity index (χ4v) is 10.8. The van der Waals surface area contributed by atoms with E-state index >= 15 is 0 Å². The molecule has 7 atom stereocenters. The molecule has 43 heavy (non-hydrogen) atoms. The van der Waals surface area contributed by atoms with Crippen LogP contribution in [0.5, 0.6) is 5.75 Å². The van der Waals surface area contributed by atoms with E-state index in [1.54, 1.807) is 11.8 Å². The number of aromatic nitrogens is 1. The maximum absolute atomic E-state index is 13.9. The smallest absolute Gasteiger partial charge is 0.305 e. The van der Waals surface area contributed by atoms with Gasteiger partial charge in [0.1, 0.15) is 5.75 Å². The quantitative estimate of drug-likeness (QED) is 0.294. The first-order valence-corrected chi connectivity index (χ1v) is 16.1. The Labute approximate surface area is 255 Å². The van der Waals surface area contributed by atoms with Gasteiger partial charge in [0.15, 0.2) is 6.61 Å². The first-order valence-electron chi connectivity index (χ1n) is 14.4. The van der Waals surface area contributed by atoms with Crippen LogP contribution in [0.2, 0.25) is 0 Å². The van der Waals surface area contributed by atoms with E-state index in [-0.39, 0.29) is 70.0 Å². The minimum absolute atomic E-state index is 0.0116. The fourth-order valence-electron chi connectivity index (χ4n) is 7.93. The van der Waals surface area contributed by atoms with Crippen LogP contribution in [0, 0.1) is 29.6 Å². The molecule has 3 amide bonds. The van der Waals surface area contributed by atoms with E-state index in [0.717, 1.165) is 21.9 Å². The van der Waals surface area contributed by atoms with Gasteiger partial charge in [0, 0.05) is 27.3 Å². The molecule has 1 aromatic heterocycles. The van der Waals surface area contributed by atoms with Gasteiger partial charge in [-0.15, -0.1) is 11.8 Å². The number of nitrogens with one attached hydrogen (secondary N) is 2. The molecule has 8 rings (SSSR count). The fraction of sp³-hybridized carbons (Fsp3) is 0.273.